The molecule has 6 heteroatoms. The van der Waals surface area contributed by atoms with Crippen LogP contribution in [0.15, 0.2) is 30.6 Å². The summed E-state index contributed by atoms with van der Waals surface area (Å²) >= 11 is 2.13. The molecule has 0 N–H and O–H groups in total. The van der Waals surface area contributed by atoms with E-state index in [2.05, 4.69) is 32.6 Å². The molecule has 0 atom stereocenters. The maximum absolute atomic E-state index is 5.60. The van der Waals surface area contributed by atoms with E-state index in [9.17, 15) is 0 Å². The standard InChI is InChI=1S/C12H11IN2O3/c1-16-9-4-3-5-10(17-2)11(9)18-12-14-6-8(13)7-15-12/h3-7H,1-2H3. The molecular weight excluding hydrogens is 347 g/mol. The van der Waals surface area contributed by atoms with Gasteiger partial charge in [-0.1, -0.05) is 6.07 Å². The Bertz CT molecular complexity index is 509. The summed E-state index contributed by atoms with van der Waals surface area (Å²) in [4.78, 5) is 8.14. The van der Waals surface area contributed by atoms with Gasteiger partial charge in [-0.15, -0.1) is 0 Å². The van der Waals surface area contributed by atoms with Crippen molar-refractivity contribution < 1.29 is 14.2 Å². The molecule has 0 saturated carbocycles. The number of halogens is 1. The Morgan fingerprint density at radius 3 is 2.06 bits per heavy atom. The first-order valence-corrected chi connectivity index (χ1v) is 6.19. The summed E-state index contributed by atoms with van der Waals surface area (Å²) in [5.41, 5.74) is 0. The van der Waals surface area contributed by atoms with Crippen LogP contribution in [0, 0.1) is 3.57 Å². The van der Waals surface area contributed by atoms with Gasteiger partial charge in [-0.3, -0.25) is 0 Å². The molecule has 0 saturated heterocycles. The lowest BCUT2D eigenvalue weighted by atomic mass is 10.3. The molecule has 5 nitrogen and oxygen atoms in total. The van der Waals surface area contributed by atoms with Crippen LogP contribution >= 0.6 is 22.6 Å². The van der Waals surface area contributed by atoms with Gasteiger partial charge in [0.2, 0.25) is 5.75 Å². The third-order valence-electron chi connectivity index (χ3n) is 2.17. The van der Waals surface area contributed by atoms with Crippen LogP contribution < -0.4 is 14.2 Å². The molecule has 2 aromatic rings. The van der Waals surface area contributed by atoms with Gasteiger partial charge in [0.25, 0.3) is 0 Å². The number of nitrogens with zero attached hydrogens (tertiary/aromatic N) is 2. The van der Waals surface area contributed by atoms with Crippen molar-refractivity contribution in [2.24, 2.45) is 0 Å². The molecule has 1 aromatic heterocycles. The fourth-order valence-corrected chi connectivity index (χ4v) is 1.64. The zero-order chi connectivity index (χ0) is 13.0. The van der Waals surface area contributed by atoms with Crippen LogP contribution in [0.3, 0.4) is 0 Å². The number of methoxy groups -OCH3 is 2. The maximum atomic E-state index is 5.60. The molecule has 0 spiro atoms. The topological polar surface area (TPSA) is 53.5 Å². The fraction of sp³-hybridized carbons (Fsp3) is 0.167. The number of ether oxygens (including phenoxy) is 3. The SMILES string of the molecule is COc1cccc(OC)c1Oc1ncc(I)cn1. The summed E-state index contributed by atoms with van der Waals surface area (Å²) < 4.78 is 17.0. The summed E-state index contributed by atoms with van der Waals surface area (Å²) in [6.45, 7) is 0. The minimum Gasteiger partial charge on any atom is -0.493 e. The van der Waals surface area contributed by atoms with Crippen molar-refractivity contribution in [3.8, 4) is 23.3 Å². The molecule has 0 unspecified atom stereocenters. The van der Waals surface area contributed by atoms with E-state index in [1.807, 2.05) is 6.07 Å². The van der Waals surface area contributed by atoms with Crippen LogP contribution in [-0.4, -0.2) is 24.2 Å². The number of para-hydroxylation sites is 1. The van der Waals surface area contributed by atoms with Crippen molar-refractivity contribution in [2.45, 2.75) is 0 Å². The molecular formula is C12H11IN2O3. The monoisotopic (exact) mass is 358 g/mol. The van der Waals surface area contributed by atoms with E-state index < -0.39 is 0 Å². The van der Waals surface area contributed by atoms with Crippen molar-refractivity contribution in [3.05, 3.63) is 34.2 Å². The van der Waals surface area contributed by atoms with Gasteiger partial charge >= 0.3 is 6.01 Å². The predicted octanol–water partition coefficient (Wildman–Crippen LogP) is 2.89. The molecule has 94 valence electrons. The van der Waals surface area contributed by atoms with Gasteiger partial charge in [0, 0.05) is 16.0 Å². The second-order valence-corrected chi connectivity index (χ2v) is 4.52. The Morgan fingerprint density at radius 2 is 1.56 bits per heavy atom. The quantitative estimate of drug-likeness (QED) is 0.787. The minimum absolute atomic E-state index is 0.248. The number of hydrogen-bond donors (Lipinski definition) is 0. The van der Waals surface area contributed by atoms with Crippen molar-refractivity contribution in [3.63, 3.8) is 0 Å². The third kappa shape index (κ3) is 2.81. The van der Waals surface area contributed by atoms with Crippen LogP contribution in [0.25, 0.3) is 0 Å². The summed E-state index contributed by atoms with van der Waals surface area (Å²) in [5, 5.41) is 0. The first kappa shape index (κ1) is 12.9. The number of rotatable bonds is 4. The molecule has 0 aliphatic heterocycles. The van der Waals surface area contributed by atoms with Crippen molar-refractivity contribution in [2.75, 3.05) is 14.2 Å². The highest BCUT2D eigenvalue weighted by Gasteiger charge is 2.13. The van der Waals surface area contributed by atoms with E-state index in [0.717, 1.165) is 3.57 Å². The summed E-state index contributed by atoms with van der Waals surface area (Å²) in [7, 11) is 3.13. The fourth-order valence-electron chi connectivity index (χ4n) is 1.36. The Balaban J connectivity index is 2.35. The van der Waals surface area contributed by atoms with E-state index in [1.54, 1.807) is 38.7 Å². The summed E-state index contributed by atoms with van der Waals surface area (Å²) in [6.07, 6.45) is 3.34. The average Bonchev–Trinajstić information content (AvgIpc) is 2.41. The van der Waals surface area contributed by atoms with Crippen molar-refractivity contribution in [1.82, 2.24) is 9.97 Å². The van der Waals surface area contributed by atoms with Gasteiger partial charge in [0.15, 0.2) is 11.5 Å². The van der Waals surface area contributed by atoms with Gasteiger partial charge in [-0.05, 0) is 34.7 Å². The smallest absolute Gasteiger partial charge is 0.322 e. The van der Waals surface area contributed by atoms with Gasteiger partial charge in [0.05, 0.1) is 14.2 Å². The highest BCUT2D eigenvalue weighted by atomic mass is 127. The lowest BCUT2D eigenvalue weighted by Gasteiger charge is -2.12. The highest BCUT2D eigenvalue weighted by molar-refractivity contribution is 14.1. The zero-order valence-electron chi connectivity index (χ0n) is 9.88. The molecule has 0 bridgehead atoms. The van der Waals surface area contributed by atoms with Gasteiger partial charge in [-0.25, -0.2) is 9.97 Å². The third-order valence-corrected chi connectivity index (χ3v) is 2.73. The second-order valence-electron chi connectivity index (χ2n) is 3.28. The summed E-state index contributed by atoms with van der Waals surface area (Å²) in [6, 6.07) is 5.63. The van der Waals surface area contributed by atoms with Gasteiger partial charge in [-0.2, -0.15) is 0 Å². The van der Waals surface area contributed by atoms with Crippen LogP contribution in [0.1, 0.15) is 0 Å². The summed E-state index contributed by atoms with van der Waals surface area (Å²) in [5.74, 6) is 1.59. The maximum Gasteiger partial charge on any atom is 0.322 e. The van der Waals surface area contributed by atoms with Crippen molar-refractivity contribution in [1.29, 1.82) is 0 Å². The lowest BCUT2D eigenvalue weighted by molar-refractivity contribution is 0.336. The largest absolute Gasteiger partial charge is 0.493 e. The number of hydrogen-bond acceptors (Lipinski definition) is 5. The normalized spacial score (nSPS) is 9.94. The van der Waals surface area contributed by atoms with Gasteiger partial charge < -0.3 is 14.2 Å². The Hall–Kier alpha value is -1.57. The van der Waals surface area contributed by atoms with Crippen LogP contribution in [0.5, 0.6) is 23.3 Å². The predicted molar refractivity (Wildman–Crippen MR) is 74.4 cm³/mol. The Morgan fingerprint density at radius 1 is 1.00 bits per heavy atom. The number of benzene rings is 1. The Kier molecular flexibility index (Phi) is 4.19. The molecule has 1 aromatic carbocycles. The second kappa shape index (κ2) is 5.85. The van der Waals surface area contributed by atoms with E-state index in [4.69, 9.17) is 14.2 Å². The van der Waals surface area contributed by atoms with E-state index in [0.29, 0.717) is 17.2 Å². The molecule has 0 amide bonds. The van der Waals surface area contributed by atoms with Gasteiger partial charge in [0.1, 0.15) is 0 Å². The van der Waals surface area contributed by atoms with Crippen LogP contribution in [-0.2, 0) is 0 Å². The number of aromatic nitrogens is 2. The van der Waals surface area contributed by atoms with E-state index in [1.165, 1.54) is 0 Å². The molecule has 0 fully saturated rings. The Labute approximate surface area is 118 Å². The van der Waals surface area contributed by atoms with Crippen LogP contribution in [0.4, 0.5) is 0 Å². The molecule has 0 aliphatic rings. The lowest BCUT2D eigenvalue weighted by Crippen LogP contribution is -1.97. The van der Waals surface area contributed by atoms with E-state index >= 15 is 0 Å². The first-order valence-electron chi connectivity index (χ1n) is 5.11. The van der Waals surface area contributed by atoms with Crippen molar-refractivity contribution >= 4 is 22.6 Å². The first-order chi connectivity index (χ1) is 8.74. The van der Waals surface area contributed by atoms with E-state index in [-0.39, 0.29) is 6.01 Å². The minimum atomic E-state index is 0.248. The molecule has 0 aliphatic carbocycles. The molecule has 2 rings (SSSR count). The molecule has 0 radical (unpaired) electrons. The van der Waals surface area contributed by atoms with Crippen LogP contribution in [0.2, 0.25) is 0 Å². The average molecular weight is 358 g/mol. The molecule has 1 heterocycles. The molecule has 18 heavy (non-hydrogen) atoms. The zero-order valence-corrected chi connectivity index (χ0v) is 12.0. The highest BCUT2D eigenvalue weighted by Crippen LogP contribution is 2.38.